The number of hydrogen-bond acceptors (Lipinski definition) is 1. The van der Waals surface area contributed by atoms with Gasteiger partial charge >= 0.3 is 0 Å². The first-order valence-corrected chi connectivity index (χ1v) is 6.36. The van der Waals surface area contributed by atoms with E-state index in [9.17, 15) is 5.11 Å². The monoisotopic (exact) mass is 300 g/mol. The summed E-state index contributed by atoms with van der Waals surface area (Å²) in [7, 11) is 0. The Bertz CT molecular complexity index is 398. The maximum absolute atomic E-state index is 9.83. The van der Waals surface area contributed by atoms with E-state index in [1.807, 2.05) is 0 Å². The highest BCUT2D eigenvalue weighted by Gasteiger charge is 2.27. The van der Waals surface area contributed by atoms with Gasteiger partial charge in [-0.15, -0.1) is 0 Å². The van der Waals surface area contributed by atoms with Gasteiger partial charge in [-0.2, -0.15) is 0 Å². The molecule has 0 aromatic heterocycles. The molecule has 0 radical (unpaired) electrons. The lowest BCUT2D eigenvalue weighted by molar-refractivity contribution is 0.180. The topological polar surface area (TPSA) is 20.2 Å². The highest BCUT2D eigenvalue weighted by molar-refractivity contribution is 14.1. The van der Waals surface area contributed by atoms with Gasteiger partial charge in [0, 0.05) is 3.57 Å². The van der Waals surface area contributed by atoms with Gasteiger partial charge in [0.25, 0.3) is 0 Å². The first-order valence-electron chi connectivity index (χ1n) is 5.28. The van der Waals surface area contributed by atoms with Gasteiger partial charge in [0.1, 0.15) is 0 Å². The van der Waals surface area contributed by atoms with E-state index in [0.717, 1.165) is 12.8 Å². The Balaban J connectivity index is 2.24. The first kappa shape index (κ1) is 9.16. The highest BCUT2D eigenvalue weighted by Crippen LogP contribution is 2.39. The number of fused-ring (bicyclic) bond motifs is 2. The van der Waals surface area contributed by atoms with Crippen LogP contribution in [0.4, 0.5) is 0 Å². The normalized spacial score (nSPS) is 23.7. The van der Waals surface area contributed by atoms with Crippen LogP contribution in [0.15, 0.2) is 6.07 Å². The van der Waals surface area contributed by atoms with Crippen molar-refractivity contribution < 1.29 is 5.11 Å². The van der Waals surface area contributed by atoms with E-state index >= 15 is 0 Å². The highest BCUT2D eigenvalue weighted by atomic mass is 127. The first-order chi connectivity index (χ1) is 6.77. The van der Waals surface area contributed by atoms with E-state index in [2.05, 4.69) is 28.7 Å². The molecule has 0 fully saturated rings. The average molecular weight is 300 g/mol. The quantitative estimate of drug-likeness (QED) is 0.731. The summed E-state index contributed by atoms with van der Waals surface area (Å²) in [6, 6.07) is 2.26. The van der Waals surface area contributed by atoms with E-state index in [1.165, 1.54) is 39.5 Å². The Hall–Kier alpha value is -0.0900. The summed E-state index contributed by atoms with van der Waals surface area (Å²) in [5.74, 6) is 0. The fourth-order valence-electron chi connectivity index (χ4n) is 2.75. The number of aliphatic hydroxyl groups excluding tert-OH is 1. The van der Waals surface area contributed by atoms with Crippen molar-refractivity contribution in [2.75, 3.05) is 0 Å². The third-order valence-corrected chi connectivity index (χ3v) is 4.80. The van der Waals surface area contributed by atoms with Crippen molar-refractivity contribution in [3.63, 3.8) is 0 Å². The lowest BCUT2D eigenvalue weighted by atomic mass is 10.0. The van der Waals surface area contributed by atoms with Crippen LogP contribution < -0.4 is 0 Å². The zero-order valence-corrected chi connectivity index (χ0v) is 10.2. The molecule has 0 amide bonds. The molecule has 0 spiro atoms. The molecule has 1 aromatic carbocycles. The van der Waals surface area contributed by atoms with Crippen molar-refractivity contribution in [3.05, 3.63) is 31.9 Å². The van der Waals surface area contributed by atoms with Crippen molar-refractivity contribution in [1.29, 1.82) is 0 Å². The number of benzene rings is 1. The van der Waals surface area contributed by atoms with Gasteiger partial charge in [-0.3, -0.25) is 0 Å². The maximum Gasteiger partial charge on any atom is 0.0796 e. The molecule has 1 nitrogen and oxygen atoms in total. The molecular weight excluding hydrogens is 287 g/mol. The molecule has 2 aliphatic rings. The molecule has 0 saturated heterocycles. The molecule has 0 saturated carbocycles. The Morgan fingerprint density at radius 1 is 1.21 bits per heavy atom. The Labute approximate surface area is 97.7 Å². The van der Waals surface area contributed by atoms with Crippen molar-refractivity contribution in [1.82, 2.24) is 0 Å². The molecule has 2 heteroatoms. The van der Waals surface area contributed by atoms with Gasteiger partial charge in [0.2, 0.25) is 0 Å². The standard InChI is InChI=1S/C12H13IO/c13-12-8-3-1-2-7(8)6-10-9(12)4-5-11(10)14/h6,11,14H,1-5H2/t11-/m0/s1. The zero-order chi connectivity index (χ0) is 9.71. The summed E-state index contributed by atoms with van der Waals surface area (Å²) in [5.41, 5.74) is 5.71. The summed E-state index contributed by atoms with van der Waals surface area (Å²) in [6.45, 7) is 0. The lowest BCUT2D eigenvalue weighted by Crippen LogP contribution is -1.97. The molecule has 0 heterocycles. The third kappa shape index (κ3) is 1.16. The molecule has 2 aliphatic carbocycles. The Kier molecular flexibility index (Phi) is 2.10. The number of aryl methyl sites for hydroxylation is 1. The molecule has 74 valence electrons. The van der Waals surface area contributed by atoms with Crippen LogP contribution in [0.5, 0.6) is 0 Å². The molecule has 3 rings (SSSR count). The van der Waals surface area contributed by atoms with E-state index in [-0.39, 0.29) is 6.10 Å². The smallest absolute Gasteiger partial charge is 0.0796 e. The van der Waals surface area contributed by atoms with E-state index in [0.29, 0.717) is 0 Å². The van der Waals surface area contributed by atoms with Gasteiger partial charge in [-0.05, 0) is 76.9 Å². The molecule has 0 unspecified atom stereocenters. The molecule has 0 aliphatic heterocycles. The van der Waals surface area contributed by atoms with Crippen LogP contribution in [0.2, 0.25) is 0 Å². The predicted octanol–water partition coefficient (Wildman–Crippen LogP) is 2.76. The second-order valence-electron chi connectivity index (χ2n) is 4.30. The molecule has 1 atom stereocenters. The Morgan fingerprint density at radius 2 is 2.07 bits per heavy atom. The molecule has 0 bridgehead atoms. The Morgan fingerprint density at radius 3 is 2.93 bits per heavy atom. The van der Waals surface area contributed by atoms with Crippen molar-refractivity contribution in [2.45, 2.75) is 38.2 Å². The molecular formula is C12H13IO. The van der Waals surface area contributed by atoms with Crippen molar-refractivity contribution in [2.24, 2.45) is 0 Å². The van der Waals surface area contributed by atoms with Crippen LogP contribution in [0.1, 0.15) is 41.2 Å². The predicted molar refractivity (Wildman–Crippen MR) is 64.5 cm³/mol. The van der Waals surface area contributed by atoms with Gasteiger partial charge in [-0.25, -0.2) is 0 Å². The summed E-state index contributed by atoms with van der Waals surface area (Å²) in [4.78, 5) is 0. The minimum Gasteiger partial charge on any atom is -0.388 e. The summed E-state index contributed by atoms with van der Waals surface area (Å²) < 4.78 is 1.45. The number of aliphatic hydroxyl groups is 1. The zero-order valence-electron chi connectivity index (χ0n) is 8.02. The van der Waals surface area contributed by atoms with E-state index in [1.54, 1.807) is 5.56 Å². The fourth-order valence-corrected chi connectivity index (χ4v) is 3.95. The molecule has 1 N–H and O–H groups in total. The van der Waals surface area contributed by atoms with Gasteiger partial charge in [0.05, 0.1) is 6.10 Å². The average Bonchev–Trinajstić information content (AvgIpc) is 2.75. The molecule has 1 aromatic rings. The second-order valence-corrected chi connectivity index (χ2v) is 5.38. The van der Waals surface area contributed by atoms with Gasteiger partial charge in [-0.1, -0.05) is 6.07 Å². The molecule has 14 heavy (non-hydrogen) atoms. The van der Waals surface area contributed by atoms with Crippen molar-refractivity contribution >= 4 is 22.6 Å². The largest absolute Gasteiger partial charge is 0.388 e. The lowest BCUT2D eigenvalue weighted by Gasteiger charge is -2.10. The van der Waals surface area contributed by atoms with Crippen LogP contribution in [-0.4, -0.2) is 5.11 Å². The minimum atomic E-state index is -0.190. The number of halogens is 1. The van der Waals surface area contributed by atoms with Crippen molar-refractivity contribution in [3.8, 4) is 0 Å². The van der Waals surface area contributed by atoms with Gasteiger partial charge < -0.3 is 5.11 Å². The van der Waals surface area contributed by atoms with Crippen LogP contribution in [0.3, 0.4) is 0 Å². The van der Waals surface area contributed by atoms with Gasteiger partial charge in [0.15, 0.2) is 0 Å². The number of rotatable bonds is 0. The van der Waals surface area contributed by atoms with Crippen LogP contribution >= 0.6 is 22.6 Å². The van der Waals surface area contributed by atoms with E-state index in [4.69, 9.17) is 0 Å². The number of hydrogen-bond donors (Lipinski definition) is 1. The fraction of sp³-hybridized carbons (Fsp3) is 0.500. The minimum absolute atomic E-state index is 0.190. The summed E-state index contributed by atoms with van der Waals surface area (Å²) in [6.07, 6.45) is 5.56. The maximum atomic E-state index is 9.83. The van der Waals surface area contributed by atoms with E-state index < -0.39 is 0 Å². The third-order valence-electron chi connectivity index (χ3n) is 3.50. The summed E-state index contributed by atoms with van der Waals surface area (Å²) in [5, 5.41) is 9.83. The van der Waals surface area contributed by atoms with Crippen LogP contribution in [-0.2, 0) is 19.3 Å². The van der Waals surface area contributed by atoms with Crippen LogP contribution in [0, 0.1) is 3.57 Å². The second kappa shape index (κ2) is 3.20. The summed E-state index contributed by atoms with van der Waals surface area (Å²) >= 11 is 2.47. The SMILES string of the molecule is O[C@H]1CCc2c1cc1c(c2I)CCC1. The van der Waals surface area contributed by atoms with Crippen LogP contribution in [0.25, 0.3) is 0 Å².